The van der Waals surface area contributed by atoms with E-state index >= 15 is 0 Å². The first-order valence-corrected chi connectivity index (χ1v) is 6.28. The number of H-pyrrole nitrogens is 1. The van der Waals surface area contributed by atoms with Gasteiger partial charge in [0.2, 0.25) is 0 Å². The number of aromatic carboxylic acids is 1. The molecule has 0 aliphatic heterocycles. The van der Waals surface area contributed by atoms with Crippen molar-refractivity contribution in [3.63, 3.8) is 0 Å². The first-order chi connectivity index (χ1) is 8.65. The van der Waals surface area contributed by atoms with Crippen LogP contribution in [0.2, 0.25) is 0 Å². The van der Waals surface area contributed by atoms with Crippen LogP contribution in [0.4, 0.5) is 0 Å². The fourth-order valence-corrected chi connectivity index (χ4v) is 2.66. The molecule has 0 radical (unpaired) electrons. The van der Waals surface area contributed by atoms with Crippen LogP contribution < -0.4 is 0 Å². The monoisotopic (exact) mass is 258 g/mol. The van der Waals surface area contributed by atoms with Gasteiger partial charge < -0.3 is 10.1 Å². The van der Waals surface area contributed by atoms with Gasteiger partial charge in [0.05, 0.1) is 21.5 Å². The van der Waals surface area contributed by atoms with Crippen molar-refractivity contribution in [1.29, 1.82) is 0 Å². The van der Waals surface area contributed by atoms with Gasteiger partial charge >= 0.3 is 5.97 Å². The number of carbonyl (C=O) groups is 1. The molecule has 18 heavy (non-hydrogen) atoms. The predicted octanol–water partition coefficient (Wildman–Crippen LogP) is 3.30. The average molecular weight is 258 g/mol. The van der Waals surface area contributed by atoms with Crippen LogP contribution in [0.1, 0.15) is 16.1 Å². The Balaban J connectivity index is 2.33. The van der Waals surface area contributed by atoms with Crippen molar-refractivity contribution in [2.24, 2.45) is 0 Å². The molecule has 2 aromatic heterocycles. The van der Waals surface area contributed by atoms with Crippen molar-refractivity contribution in [2.75, 3.05) is 0 Å². The highest BCUT2D eigenvalue weighted by Gasteiger charge is 2.13. The smallest absolute Gasteiger partial charge is 0.337 e. The predicted molar refractivity (Wildman–Crippen MR) is 71.1 cm³/mol. The Hall–Kier alpha value is -2.14. The zero-order valence-electron chi connectivity index (χ0n) is 9.60. The molecule has 3 rings (SSSR count). The highest BCUT2D eigenvalue weighted by atomic mass is 32.1. The maximum atomic E-state index is 11.3. The molecule has 0 aliphatic rings. The highest BCUT2D eigenvalue weighted by molar-refractivity contribution is 7.13. The van der Waals surface area contributed by atoms with Gasteiger partial charge in [0, 0.05) is 17.3 Å². The third kappa shape index (κ3) is 1.69. The molecule has 0 aliphatic carbocycles. The second-order valence-electron chi connectivity index (χ2n) is 4.11. The minimum atomic E-state index is -0.923. The standard InChI is InChI=1S/C13H10N2O2S/c1-7-2-9-3-8(11-5-14-6-18-11)4-10(13(16)17)12(9)15-7/h2-6,15H,1H3,(H,16,17). The molecule has 0 amide bonds. The molecule has 90 valence electrons. The Labute approximate surface area is 107 Å². The van der Waals surface area contributed by atoms with E-state index in [0.717, 1.165) is 21.5 Å². The summed E-state index contributed by atoms with van der Waals surface area (Å²) in [4.78, 5) is 19.4. The van der Waals surface area contributed by atoms with E-state index in [4.69, 9.17) is 0 Å². The SMILES string of the molecule is Cc1cc2cc(-c3cncs3)cc(C(=O)O)c2[nH]1. The van der Waals surface area contributed by atoms with E-state index in [1.807, 2.05) is 19.1 Å². The second kappa shape index (κ2) is 3.96. The van der Waals surface area contributed by atoms with Gasteiger partial charge in [-0.15, -0.1) is 11.3 Å². The maximum absolute atomic E-state index is 11.3. The van der Waals surface area contributed by atoms with Crippen molar-refractivity contribution < 1.29 is 9.90 Å². The number of thiazole rings is 1. The zero-order chi connectivity index (χ0) is 12.7. The molecule has 2 heterocycles. The minimum absolute atomic E-state index is 0.295. The molecule has 2 N–H and O–H groups in total. The van der Waals surface area contributed by atoms with E-state index < -0.39 is 5.97 Å². The molecule has 0 spiro atoms. The number of aromatic amines is 1. The average Bonchev–Trinajstić information content (AvgIpc) is 2.93. The quantitative estimate of drug-likeness (QED) is 0.741. The van der Waals surface area contributed by atoms with Gasteiger partial charge in [-0.2, -0.15) is 0 Å². The van der Waals surface area contributed by atoms with Crippen LogP contribution in [-0.4, -0.2) is 21.0 Å². The first kappa shape index (κ1) is 11.0. The summed E-state index contributed by atoms with van der Waals surface area (Å²) in [7, 11) is 0. The molecule has 0 atom stereocenters. The van der Waals surface area contributed by atoms with Crippen molar-refractivity contribution in [1.82, 2.24) is 9.97 Å². The largest absolute Gasteiger partial charge is 0.478 e. The van der Waals surface area contributed by atoms with Crippen LogP contribution in [0, 0.1) is 6.92 Å². The normalized spacial score (nSPS) is 10.9. The first-order valence-electron chi connectivity index (χ1n) is 5.40. The van der Waals surface area contributed by atoms with Gasteiger partial charge in [0.1, 0.15) is 0 Å². The van der Waals surface area contributed by atoms with Crippen molar-refractivity contribution >= 4 is 28.2 Å². The molecule has 0 bridgehead atoms. The van der Waals surface area contributed by atoms with Crippen LogP contribution in [0.3, 0.4) is 0 Å². The number of carboxylic acids is 1. The molecule has 1 aromatic carbocycles. The summed E-state index contributed by atoms with van der Waals surface area (Å²) >= 11 is 1.50. The number of aromatic nitrogens is 2. The van der Waals surface area contributed by atoms with E-state index in [2.05, 4.69) is 9.97 Å². The minimum Gasteiger partial charge on any atom is -0.478 e. The number of hydrogen-bond donors (Lipinski definition) is 2. The van der Waals surface area contributed by atoms with Crippen molar-refractivity contribution in [2.45, 2.75) is 6.92 Å². The summed E-state index contributed by atoms with van der Waals surface area (Å²) in [6.07, 6.45) is 1.75. The molecule has 3 aromatic rings. The lowest BCUT2D eigenvalue weighted by Gasteiger charge is -2.02. The van der Waals surface area contributed by atoms with E-state index in [0.29, 0.717) is 11.1 Å². The van der Waals surface area contributed by atoms with E-state index in [1.165, 1.54) is 11.3 Å². The van der Waals surface area contributed by atoms with E-state index in [9.17, 15) is 9.90 Å². The number of aryl methyl sites for hydroxylation is 1. The third-order valence-electron chi connectivity index (χ3n) is 2.81. The van der Waals surface area contributed by atoms with Gasteiger partial charge in [-0.3, -0.25) is 4.98 Å². The molecule has 0 fully saturated rings. The topological polar surface area (TPSA) is 66.0 Å². The molecule has 0 saturated carbocycles. The van der Waals surface area contributed by atoms with Crippen LogP contribution in [-0.2, 0) is 0 Å². The maximum Gasteiger partial charge on any atom is 0.337 e. The number of fused-ring (bicyclic) bond motifs is 1. The van der Waals surface area contributed by atoms with Crippen LogP contribution >= 0.6 is 11.3 Å². The number of benzene rings is 1. The van der Waals surface area contributed by atoms with E-state index in [-0.39, 0.29) is 0 Å². The Kier molecular flexibility index (Phi) is 2.41. The summed E-state index contributed by atoms with van der Waals surface area (Å²) in [6, 6.07) is 5.62. The fraction of sp³-hybridized carbons (Fsp3) is 0.0769. The van der Waals surface area contributed by atoms with Gasteiger partial charge in [-0.05, 0) is 30.7 Å². The van der Waals surface area contributed by atoms with Crippen LogP contribution in [0.5, 0.6) is 0 Å². The molecule has 0 unspecified atom stereocenters. The fourth-order valence-electron chi connectivity index (χ4n) is 2.05. The Morgan fingerprint density at radius 1 is 1.39 bits per heavy atom. The highest BCUT2D eigenvalue weighted by Crippen LogP contribution is 2.30. The Bertz CT molecular complexity index is 729. The van der Waals surface area contributed by atoms with Gasteiger partial charge in [0.25, 0.3) is 0 Å². The summed E-state index contributed by atoms with van der Waals surface area (Å²) in [6.45, 7) is 1.91. The molecule has 0 saturated heterocycles. The van der Waals surface area contributed by atoms with Gasteiger partial charge in [-0.1, -0.05) is 0 Å². The van der Waals surface area contributed by atoms with Crippen molar-refractivity contribution in [3.8, 4) is 10.4 Å². The number of carboxylic acid groups (broad SMARTS) is 1. The lowest BCUT2D eigenvalue weighted by molar-refractivity contribution is 0.0699. The Morgan fingerprint density at radius 2 is 2.22 bits per heavy atom. The Morgan fingerprint density at radius 3 is 2.89 bits per heavy atom. The summed E-state index contributed by atoms with van der Waals surface area (Å²) in [5.41, 5.74) is 4.55. The van der Waals surface area contributed by atoms with Gasteiger partial charge in [-0.25, -0.2) is 4.79 Å². The third-order valence-corrected chi connectivity index (χ3v) is 3.63. The number of nitrogens with zero attached hydrogens (tertiary/aromatic N) is 1. The number of rotatable bonds is 2. The zero-order valence-corrected chi connectivity index (χ0v) is 10.4. The number of hydrogen-bond acceptors (Lipinski definition) is 3. The molecule has 5 heteroatoms. The molecular weight excluding hydrogens is 248 g/mol. The van der Waals surface area contributed by atoms with Crippen molar-refractivity contribution in [3.05, 3.63) is 41.2 Å². The number of nitrogens with one attached hydrogen (secondary N) is 1. The van der Waals surface area contributed by atoms with Crippen LogP contribution in [0.25, 0.3) is 21.3 Å². The van der Waals surface area contributed by atoms with Gasteiger partial charge in [0.15, 0.2) is 0 Å². The lowest BCUT2D eigenvalue weighted by atomic mass is 10.1. The lowest BCUT2D eigenvalue weighted by Crippen LogP contribution is -1.98. The molecular formula is C13H10N2O2S. The summed E-state index contributed by atoms with van der Waals surface area (Å²) in [5, 5.41) is 10.2. The van der Waals surface area contributed by atoms with E-state index in [1.54, 1.807) is 17.8 Å². The molecule has 4 nitrogen and oxygen atoms in total. The summed E-state index contributed by atoms with van der Waals surface area (Å²) < 4.78 is 0. The summed E-state index contributed by atoms with van der Waals surface area (Å²) in [5.74, 6) is -0.923. The van der Waals surface area contributed by atoms with Crippen LogP contribution in [0.15, 0.2) is 29.9 Å². The second-order valence-corrected chi connectivity index (χ2v) is 5.00.